The number of carbonyl (C=O) groups excluding carboxylic acids is 1. The van der Waals surface area contributed by atoms with E-state index in [1.165, 1.54) is 0 Å². The molecule has 1 atom stereocenters. The number of hydrogen-bond acceptors (Lipinski definition) is 4. The molecular formula is C10H20N2O3. The summed E-state index contributed by atoms with van der Waals surface area (Å²) in [6, 6.07) is -0.657. The molecule has 5 heteroatoms. The van der Waals surface area contributed by atoms with Crippen molar-refractivity contribution >= 4 is 5.91 Å². The fourth-order valence-electron chi connectivity index (χ4n) is 1.91. The van der Waals surface area contributed by atoms with Crippen molar-refractivity contribution in [2.75, 3.05) is 0 Å². The van der Waals surface area contributed by atoms with Crippen molar-refractivity contribution in [2.24, 2.45) is 5.84 Å². The molecule has 0 spiro atoms. The summed E-state index contributed by atoms with van der Waals surface area (Å²) in [6.07, 6.45) is 4.34. The van der Waals surface area contributed by atoms with Gasteiger partial charge in [-0.15, -0.1) is 0 Å². The van der Waals surface area contributed by atoms with Crippen LogP contribution in [0.3, 0.4) is 0 Å². The van der Waals surface area contributed by atoms with Crippen LogP contribution < -0.4 is 5.84 Å². The van der Waals surface area contributed by atoms with Crippen LogP contribution in [0.5, 0.6) is 0 Å². The molecule has 0 radical (unpaired) electrons. The van der Waals surface area contributed by atoms with Gasteiger partial charge in [0.25, 0.3) is 0 Å². The van der Waals surface area contributed by atoms with Gasteiger partial charge in [0.2, 0.25) is 5.91 Å². The number of nitrogens with two attached hydrogens (primary N) is 1. The van der Waals surface area contributed by atoms with Crippen LogP contribution in [0.1, 0.15) is 44.9 Å². The van der Waals surface area contributed by atoms with Gasteiger partial charge in [0.15, 0.2) is 6.29 Å². The lowest BCUT2D eigenvalue weighted by Crippen LogP contribution is -2.51. The number of rotatable bonds is 1. The molecule has 0 aromatic carbocycles. The molecule has 1 rings (SSSR count). The predicted octanol–water partition coefficient (Wildman–Crippen LogP) is 0.112. The Bertz CT molecular complexity index is 209. The molecule has 15 heavy (non-hydrogen) atoms. The molecule has 1 aliphatic heterocycles. The first-order valence-corrected chi connectivity index (χ1v) is 5.56. The highest BCUT2D eigenvalue weighted by Gasteiger charge is 2.26. The number of hydrogen-bond donors (Lipinski definition) is 3. The average Bonchev–Trinajstić information content (AvgIpc) is 2.20. The van der Waals surface area contributed by atoms with Gasteiger partial charge < -0.3 is 10.2 Å². The second-order valence-electron chi connectivity index (χ2n) is 4.09. The average molecular weight is 216 g/mol. The fourth-order valence-corrected chi connectivity index (χ4v) is 1.91. The molecule has 4 N–H and O–H groups in total. The molecule has 1 amide bonds. The Morgan fingerprint density at radius 2 is 1.80 bits per heavy atom. The summed E-state index contributed by atoms with van der Waals surface area (Å²) in [4.78, 5) is 11.5. The molecule has 5 nitrogen and oxygen atoms in total. The van der Waals surface area contributed by atoms with Crippen LogP contribution in [0.2, 0.25) is 0 Å². The van der Waals surface area contributed by atoms with Gasteiger partial charge in [-0.3, -0.25) is 9.80 Å². The van der Waals surface area contributed by atoms with Crippen molar-refractivity contribution in [3.63, 3.8) is 0 Å². The highest BCUT2D eigenvalue weighted by Crippen LogP contribution is 2.16. The van der Waals surface area contributed by atoms with Gasteiger partial charge in [0.05, 0.1) is 6.04 Å². The maximum atomic E-state index is 11.5. The van der Waals surface area contributed by atoms with Gasteiger partial charge in [-0.1, -0.05) is 25.7 Å². The molecule has 1 fully saturated rings. The topological polar surface area (TPSA) is 86.8 Å². The van der Waals surface area contributed by atoms with E-state index in [1.54, 1.807) is 0 Å². The highest BCUT2D eigenvalue weighted by molar-refractivity contribution is 5.75. The van der Waals surface area contributed by atoms with Gasteiger partial charge in [-0.05, 0) is 12.8 Å². The standard InChI is InChI=1S/C10H20N2O3/c11-12-8(10(14)15)6-4-2-1-3-5-7-9(12)13/h8,10,14-15H,1-7,11H2. The van der Waals surface area contributed by atoms with Crippen molar-refractivity contribution in [3.8, 4) is 0 Å². The monoisotopic (exact) mass is 216 g/mol. The largest absolute Gasteiger partial charge is 0.366 e. The molecule has 88 valence electrons. The van der Waals surface area contributed by atoms with Crippen molar-refractivity contribution in [3.05, 3.63) is 0 Å². The second-order valence-corrected chi connectivity index (χ2v) is 4.09. The molecular weight excluding hydrogens is 196 g/mol. The molecule has 0 aliphatic carbocycles. The smallest absolute Gasteiger partial charge is 0.236 e. The van der Waals surface area contributed by atoms with Crippen molar-refractivity contribution < 1.29 is 15.0 Å². The third-order valence-electron chi connectivity index (χ3n) is 2.88. The first-order chi connectivity index (χ1) is 7.13. The Morgan fingerprint density at radius 3 is 2.47 bits per heavy atom. The Hall–Kier alpha value is -0.650. The van der Waals surface area contributed by atoms with Gasteiger partial charge in [0.1, 0.15) is 0 Å². The summed E-state index contributed by atoms with van der Waals surface area (Å²) in [5, 5.41) is 19.2. The third kappa shape index (κ3) is 3.77. The third-order valence-corrected chi connectivity index (χ3v) is 2.88. The number of nitrogens with zero attached hydrogens (tertiary/aromatic N) is 1. The van der Waals surface area contributed by atoms with Gasteiger partial charge in [0, 0.05) is 6.42 Å². The molecule has 0 aromatic heterocycles. The van der Waals surface area contributed by atoms with Gasteiger partial charge in [-0.25, -0.2) is 5.84 Å². The maximum Gasteiger partial charge on any atom is 0.236 e. The quantitative estimate of drug-likeness (QED) is 0.330. The van der Waals surface area contributed by atoms with Crippen LogP contribution in [-0.4, -0.2) is 33.5 Å². The van der Waals surface area contributed by atoms with Crippen molar-refractivity contribution in [1.82, 2.24) is 5.01 Å². The molecule has 0 aromatic rings. The fraction of sp³-hybridized carbons (Fsp3) is 0.900. The van der Waals surface area contributed by atoms with Crippen LogP contribution in [-0.2, 0) is 4.79 Å². The molecule has 0 saturated carbocycles. The number of hydrazine groups is 1. The molecule has 0 bridgehead atoms. The number of carbonyl (C=O) groups is 1. The van der Waals surface area contributed by atoms with E-state index in [9.17, 15) is 4.79 Å². The highest BCUT2D eigenvalue weighted by atomic mass is 16.5. The zero-order valence-electron chi connectivity index (χ0n) is 8.93. The normalized spacial score (nSPS) is 25.7. The minimum absolute atomic E-state index is 0.199. The lowest BCUT2D eigenvalue weighted by atomic mass is 10.0. The van der Waals surface area contributed by atoms with E-state index in [-0.39, 0.29) is 5.91 Å². The minimum Gasteiger partial charge on any atom is -0.366 e. The summed E-state index contributed by atoms with van der Waals surface area (Å²) in [5.41, 5.74) is 0. The SMILES string of the molecule is NN1C(=O)CCCCCCCC1C(O)O. The molecule has 1 unspecified atom stereocenters. The van der Waals surface area contributed by atoms with E-state index in [4.69, 9.17) is 16.1 Å². The van der Waals surface area contributed by atoms with Crippen LogP contribution in [0.25, 0.3) is 0 Å². The summed E-state index contributed by atoms with van der Waals surface area (Å²) >= 11 is 0. The first kappa shape index (κ1) is 12.4. The summed E-state index contributed by atoms with van der Waals surface area (Å²) in [6.45, 7) is 0. The van der Waals surface area contributed by atoms with E-state index in [2.05, 4.69) is 0 Å². The van der Waals surface area contributed by atoms with E-state index < -0.39 is 12.3 Å². The van der Waals surface area contributed by atoms with E-state index >= 15 is 0 Å². The van der Waals surface area contributed by atoms with Crippen LogP contribution in [0, 0.1) is 0 Å². The van der Waals surface area contributed by atoms with Gasteiger partial charge >= 0.3 is 0 Å². The van der Waals surface area contributed by atoms with Crippen molar-refractivity contribution in [1.29, 1.82) is 0 Å². The van der Waals surface area contributed by atoms with Crippen molar-refractivity contribution in [2.45, 2.75) is 57.3 Å². The van der Waals surface area contributed by atoms with Gasteiger partial charge in [-0.2, -0.15) is 0 Å². The zero-order chi connectivity index (χ0) is 11.3. The van der Waals surface area contributed by atoms with E-state index in [0.717, 1.165) is 37.1 Å². The Labute approximate surface area is 89.8 Å². The lowest BCUT2D eigenvalue weighted by Gasteiger charge is -2.29. The summed E-state index contributed by atoms with van der Waals surface area (Å²) in [7, 11) is 0. The Morgan fingerprint density at radius 1 is 1.20 bits per heavy atom. The molecule has 1 aliphatic rings. The zero-order valence-corrected chi connectivity index (χ0v) is 8.93. The number of amides is 1. The Balaban J connectivity index is 2.60. The lowest BCUT2D eigenvalue weighted by molar-refractivity contribution is -0.149. The van der Waals surface area contributed by atoms with Crippen LogP contribution >= 0.6 is 0 Å². The van der Waals surface area contributed by atoms with E-state index in [0.29, 0.717) is 12.8 Å². The van der Waals surface area contributed by atoms with E-state index in [1.807, 2.05) is 0 Å². The predicted molar refractivity (Wildman–Crippen MR) is 55.4 cm³/mol. The summed E-state index contributed by atoms with van der Waals surface area (Å²) in [5.74, 6) is 5.38. The Kier molecular flexibility index (Phi) is 5.01. The maximum absolute atomic E-state index is 11.5. The molecule has 1 heterocycles. The summed E-state index contributed by atoms with van der Waals surface area (Å²) < 4.78 is 0. The molecule has 1 saturated heterocycles. The van der Waals surface area contributed by atoms with Crippen LogP contribution in [0.15, 0.2) is 0 Å². The number of aliphatic hydroxyl groups excluding tert-OH is 1. The first-order valence-electron chi connectivity index (χ1n) is 5.56. The van der Waals surface area contributed by atoms with Crippen LogP contribution in [0.4, 0.5) is 0 Å². The minimum atomic E-state index is -1.54. The number of aliphatic hydroxyl groups is 2. The second kappa shape index (κ2) is 6.05.